The molecule has 0 saturated carbocycles. The minimum Gasteiger partial charge on any atom is -0.497 e. The van der Waals surface area contributed by atoms with E-state index in [2.05, 4.69) is 12.2 Å². The first-order valence-corrected chi connectivity index (χ1v) is 8.51. The van der Waals surface area contributed by atoms with Crippen molar-refractivity contribution in [1.82, 2.24) is 0 Å². The Morgan fingerprint density at radius 2 is 1.81 bits per heavy atom. The molecule has 1 unspecified atom stereocenters. The lowest BCUT2D eigenvalue weighted by Gasteiger charge is -2.18. The second kappa shape index (κ2) is 7.47. The maximum atomic E-state index is 12.8. The fourth-order valence-electron chi connectivity index (χ4n) is 3.00. The number of imide groups is 1. The molecule has 6 heteroatoms. The summed E-state index contributed by atoms with van der Waals surface area (Å²) in [7, 11) is 3.12. The van der Waals surface area contributed by atoms with Gasteiger partial charge in [-0.05, 0) is 36.2 Å². The molecule has 0 aromatic heterocycles. The van der Waals surface area contributed by atoms with Crippen LogP contribution in [0.4, 0.5) is 11.4 Å². The molecule has 1 atom stereocenters. The summed E-state index contributed by atoms with van der Waals surface area (Å²) in [6, 6.07) is 12.1. The van der Waals surface area contributed by atoms with E-state index in [1.54, 1.807) is 32.4 Å². The Hall–Kier alpha value is -3.02. The van der Waals surface area contributed by atoms with Gasteiger partial charge in [0.1, 0.15) is 17.5 Å². The maximum absolute atomic E-state index is 12.8. The molecule has 0 spiro atoms. The van der Waals surface area contributed by atoms with Crippen LogP contribution in [0.15, 0.2) is 42.5 Å². The normalized spacial score (nSPS) is 16.7. The second-order valence-electron chi connectivity index (χ2n) is 6.05. The largest absolute Gasteiger partial charge is 0.497 e. The van der Waals surface area contributed by atoms with Crippen LogP contribution in [0.2, 0.25) is 0 Å². The highest BCUT2D eigenvalue weighted by Crippen LogP contribution is 2.32. The molecule has 0 radical (unpaired) electrons. The Labute approximate surface area is 152 Å². The number of ether oxygens (including phenoxy) is 2. The summed E-state index contributed by atoms with van der Waals surface area (Å²) in [5.41, 5.74) is 2.40. The van der Waals surface area contributed by atoms with Crippen LogP contribution in [0.25, 0.3) is 0 Å². The van der Waals surface area contributed by atoms with E-state index in [-0.39, 0.29) is 18.2 Å². The van der Waals surface area contributed by atoms with Gasteiger partial charge in [-0.3, -0.25) is 9.59 Å². The van der Waals surface area contributed by atoms with Crippen LogP contribution in [-0.2, 0) is 16.0 Å². The van der Waals surface area contributed by atoms with Crippen molar-refractivity contribution in [2.45, 2.75) is 25.8 Å². The summed E-state index contributed by atoms with van der Waals surface area (Å²) in [6.07, 6.45) is 1.01. The fourth-order valence-corrected chi connectivity index (χ4v) is 3.00. The molecule has 2 aromatic carbocycles. The number of rotatable bonds is 6. The van der Waals surface area contributed by atoms with Crippen LogP contribution in [-0.4, -0.2) is 32.1 Å². The average molecular weight is 354 g/mol. The van der Waals surface area contributed by atoms with Crippen LogP contribution in [0.5, 0.6) is 11.5 Å². The van der Waals surface area contributed by atoms with Crippen LogP contribution in [0.3, 0.4) is 0 Å². The van der Waals surface area contributed by atoms with Gasteiger partial charge >= 0.3 is 0 Å². The van der Waals surface area contributed by atoms with Gasteiger partial charge in [0.05, 0.1) is 32.0 Å². The van der Waals surface area contributed by atoms with E-state index >= 15 is 0 Å². The molecular weight excluding hydrogens is 332 g/mol. The summed E-state index contributed by atoms with van der Waals surface area (Å²) in [6.45, 7) is 2.06. The number of benzene rings is 2. The highest BCUT2D eigenvalue weighted by atomic mass is 16.5. The van der Waals surface area contributed by atoms with E-state index in [4.69, 9.17) is 9.47 Å². The third kappa shape index (κ3) is 3.35. The molecule has 2 amide bonds. The SMILES string of the molecule is CCc1ccc(N2C(=O)CC(Nc3ccc(OC)cc3OC)C2=O)cc1. The fraction of sp³-hybridized carbons (Fsp3) is 0.300. The predicted molar refractivity (Wildman–Crippen MR) is 99.9 cm³/mol. The number of nitrogens with zero attached hydrogens (tertiary/aromatic N) is 1. The number of carbonyl (C=O) groups is 2. The monoisotopic (exact) mass is 354 g/mol. The van der Waals surface area contributed by atoms with E-state index < -0.39 is 6.04 Å². The van der Waals surface area contributed by atoms with Crippen LogP contribution in [0, 0.1) is 0 Å². The molecule has 136 valence electrons. The Morgan fingerprint density at radius 3 is 2.42 bits per heavy atom. The van der Waals surface area contributed by atoms with Gasteiger partial charge in [-0.25, -0.2) is 4.90 Å². The van der Waals surface area contributed by atoms with Crippen LogP contribution >= 0.6 is 0 Å². The molecule has 2 aromatic rings. The first-order valence-electron chi connectivity index (χ1n) is 8.51. The molecule has 1 N–H and O–H groups in total. The van der Waals surface area contributed by atoms with Gasteiger partial charge in [-0.1, -0.05) is 19.1 Å². The van der Waals surface area contributed by atoms with Gasteiger partial charge < -0.3 is 14.8 Å². The number of nitrogens with one attached hydrogen (secondary N) is 1. The highest BCUT2D eigenvalue weighted by Gasteiger charge is 2.39. The van der Waals surface area contributed by atoms with Crippen molar-refractivity contribution in [1.29, 1.82) is 0 Å². The summed E-state index contributed by atoms with van der Waals surface area (Å²) in [5.74, 6) is 0.718. The number of amides is 2. The summed E-state index contributed by atoms with van der Waals surface area (Å²) < 4.78 is 10.5. The smallest absolute Gasteiger partial charge is 0.256 e. The van der Waals surface area contributed by atoms with Crippen LogP contribution in [0.1, 0.15) is 18.9 Å². The lowest BCUT2D eigenvalue weighted by Crippen LogP contribution is -2.34. The van der Waals surface area contributed by atoms with E-state index in [1.807, 2.05) is 24.3 Å². The van der Waals surface area contributed by atoms with Crippen molar-refractivity contribution in [2.75, 3.05) is 24.4 Å². The number of hydrogen-bond donors (Lipinski definition) is 1. The van der Waals surface area contributed by atoms with Crippen LogP contribution < -0.4 is 19.7 Å². The first-order chi connectivity index (χ1) is 12.6. The number of carbonyl (C=O) groups excluding carboxylic acids is 2. The zero-order valence-corrected chi connectivity index (χ0v) is 15.1. The standard InChI is InChI=1S/C20H22N2O4/c1-4-13-5-7-14(8-6-13)22-19(23)12-17(20(22)24)21-16-10-9-15(25-2)11-18(16)26-3/h5-11,17,21H,4,12H2,1-3H3. The molecule has 0 bridgehead atoms. The van der Waals surface area contributed by atoms with Crippen molar-refractivity contribution in [3.05, 3.63) is 48.0 Å². The first kappa shape index (κ1) is 17.8. The average Bonchev–Trinajstić information content (AvgIpc) is 2.95. The predicted octanol–water partition coefficient (Wildman–Crippen LogP) is 3.01. The molecular formula is C20H22N2O4. The van der Waals surface area contributed by atoms with Crippen molar-refractivity contribution < 1.29 is 19.1 Å². The van der Waals surface area contributed by atoms with Gasteiger partial charge in [-0.15, -0.1) is 0 Å². The molecule has 1 aliphatic heterocycles. The molecule has 1 heterocycles. The summed E-state index contributed by atoms with van der Waals surface area (Å²) in [5, 5.41) is 3.12. The Kier molecular flexibility index (Phi) is 5.11. The Morgan fingerprint density at radius 1 is 1.08 bits per heavy atom. The molecule has 0 aliphatic carbocycles. The molecule has 6 nitrogen and oxygen atoms in total. The molecule has 1 fully saturated rings. The van der Waals surface area contributed by atoms with E-state index in [0.29, 0.717) is 22.9 Å². The van der Waals surface area contributed by atoms with Gasteiger partial charge in [0.25, 0.3) is 5.91 Å². The molecule has 26 heavy (non-hydrogen) atoms. The van der Waals surface area contributed by atoms with E-state index in [9.17, 15) is 9.59 Å². The van der Waals surface area contributed by atoms with Crippen molar-refractivity contribution in [3.8, 4) is 11.5 Å². The van der Waals surface area contributed by atoms with Crippen molar-refractivity contribution in [2.24, 2.45) is 0 Å². The summed E-state index contributed by atoms with van der Waals surface area (Å²) >= 11 is 0. The maximum Gasteiger partial charge on any atom is 0.256 e. The van der Waals surface area contributed by atoms with Gasteiger partial charge in [0, 0.05) is 6.07 Å². The lowest BCUT2D eigenvalue weighted by atomic mass is 10.1. The number of hydrogen-bond acceptors (Lipinski definition) is 5. The van der Waals surface area contributed by atoms with Gasteiger partial charge in [0.15, 0.2) is 0 Å². The third-order valence-electron chi connectivity index (χ3n) is 4.49. The molecule has 3 rings (SSSR count). The minimum absolute atomic E-state index is 0.101. The Bertz CT molecular complexity index is 817. The highest BCUT2D eigenvalue weighted by molar-refractivity contribution is 6.23. The second-order valence-corrected chi connectivity index (χ2v) is 6.05. The molecule has 1 saturated heterocycles. The van der Waals surface area contributed by atoms with Gasteiger partial charge in [0.2, 0.25) is 5.91 Å². The van der Waals surface area contributed by atoms with Gasteiger partial charge in [-0.2, -0.15) is 0 Å². The number of anilines is 2. The van der Waals surface area contributed by atoms with E-state index in [1.165, 1.54) is 4.90 Å². The summed E-state index contributed by atoms with van der Waals surface area (Å²) in [4.78, 5) is 26.4. The molecule has 1 aliphatic rings. The third-order valence-corrected chi connectivity index (χ3v) is 4.49. The minimum atomic E-state index is -0.629. The van der Waals surface area contributed by atoms with Crippen molar-refractivity contribution >= 4 is 23.2 Å². The zero-order valence-electron chi connectivity index (χ0n) is 15.1. The van der Waals surface area contributed by atoms with Crippen molar-refractivity contribution in [3.63, 3.8) is 0 Å². The number of aryl methyl sites for hydroxylation is 1. The quantitative estimate of drug-likeness (QED) is 0.808. The topological polar surface area (TPSA) is 67.9 Å². The number of methoxy groups -OCH3 is 2. The zero-order chi connectivity index (χ0) is 18.7. The van der Waals surface area contributed by atoms with E-state index in [0.717, 1.165) is 12.0 Å². The Balaban J connectivity index is 1.80. The lowest BCUT2D eigenvalue weighted by molar-refractivity contribution is -0.121.